The van der Waals surface area contributed by atoms with Crippen molar-refractivity contribution >= 4 is 11.6 Å². The first-order valence-electron chi connectivity index (χ1n) is 6.04. The van der Waals surface area contributed by atoms with Crippen molar-refractivity contribution < 1.29 is 8.78 Å². The highest BCUT2D eigenvalue weighted by Gasteiger charge is 2.01. The van der Waals surface area contributed by atoms with Crippen LogP contribution in [0.1, 0.15) is 11.1 Å². The summed E-state index contributed by atoms with van der Waals surface area (Å²) in [6.45, 7) is 1.33. The van der Waals surface area contributed by atoms with Gasteiger partial charge in [-0.15, -0.1) is 0 Å². The highest BCUT2D eigenvalue weighted by Crippen LogP contribution is 2.15. The predicted octanol–water partition coefficient (Wildman–Crippen LogP) is 3.95. The first-order chi connectivity index (χ1) is 9.15. The molecule has 0 amide bonds. The van der Waals surface area contributed by atoms with Gasteiger partial charge in [0.1, 0.15) is 11.6 Å². The lowest BCUT2D eigenvalue weighted by Gasteiger charge is -2.06. The minimum Gasteiger partial charge on any atom is -0.312 e. The molecule has 0 aromatic heterocycles. The van der Waals surface area contributed by atoms with Gasteiger partial charge < -0.3 is 5.32 Å². The third kappa shape index (κ3) is 4.30. The smallest absolute Gasteiger partial charge is 0.141 e. The third-order valence-corrected chi connectivity index (χ3v) is 3.08. The quantitative estimate of drug-likeness (QED) is 0.818. The van der Waals surface area contributed by atoms with E-state index in [0.717, 1.165) is 24.1 Å². The molecule has 0 fully saturated rings. The van der Waals surface area contributed by atoms with E-state index < -0.39 is 5.82 Å². The van der Waals surface area contributed by atoms with E-state index >= 15 is 0 Å². The second-order valence-electron chi connectivity index (χ2n) is 4.31. The van der Waals surface area contributed by atoms with Gasteiger partial charge in [-0.3, -0.25) is 0 Å². The van der Waals surface area contributed by atoms with E-state index in [-0.39, 0.29) is 10.8 Å². The molecule has 0 radical (unpaired) electrons. The Kier molecular flexibility index (Phi) is 4.88. The summed E-state index contributed by atoms with van der Waals surface area (Å²) in [5.74, 6) is -0.631. The van der Waals surface area contributed by atoms with Crippen molar-refractivity contribution in [3.63, 3.8) is 0 Å². The molecule has 1 nitrogen and oxygen atoms in total. The van der Waals surface area contributed by atoms with Crippen molar-refractivity contribution in [2.75, 3.05) is 6.54 Å². The van der Waals surface area contributed by atoms with E-state index in [1.807, 2.05) is 6.07 Å². The molecule has 0 saturated carbocycles. The zero-order valence-corrected chi connectivity index (χ0v) is 11.1. The van der Waals surface area contributed by atoms with Crippen LogP contribution in [-0.2, 0) is 13.0 Å². The predicted molar refractivity (Wildman–Crippen MR) is 73.2 cm³/mol. The lowest BCUT2D eigenvalue weighted by Crippen LogP contribution is -2.16. The maximum atomic E-state index is 13.0. The van der Waals surface area contributed by atoms with Gasteiger partial charge in [0.2, 0.25) is 0 Å². The number of halogens is 3. The molecule has 0 spiro atoms. The Morgan fingerprint density at radius 2 is 1.84 bits per heavy atom. The molecule has 4 heteroatoms. The van der Waals surface area contributed by atoms with Crippen LogP contribution in [0.4, 0.5) is 8.78 Å². The summed E-state index contributed by atoms with van der Waals surface area (Å²) in [5, 5.41) is 3.34. The van der Waals surface area contributed by atoms with Crippen LogP contribution in [0.5, 0.6) is 0 Å². The summed E-state index contributed by atoms with van der Waals surface area (Å²) in [5.41, 5.74) is 1.87. The van der Waals surface area contributed by atoms with Gasteiger partial charge in [0.05, 0.1) is 5.02 Å². The Morgan fingerprint density at radius 1 is 1.00 bits per heavy atom. The number of hydrogen-bond acceptors (Lipinski definition) is 1. The first kappa shape index (κ1) is 14.0. The lowest BCUT2D eigenvalue weighted by molar-refractivity contribution is 0.621. The minimum atomic E-state index is -0.412. The van der Waals surface area contributed by atoms with E-state index in [0.29, 0.717) is 6.54 Å². The molecule has 2 rings (SSSR count). The molecule has 2 aromatic carbocycles. The van der Waals surface area contributed by atoms with Gasteiger partial charge in [0.25, 0.3) is 0 Å². The average Bonchev–Trinajstić information content (AvgIpc) is 2.39. The van der Waals surface area contributed by atoms with Gasteiger partial charge in [-0.05, 0) is 48.4 Å². The van der Waals surface area contributed by atoms with E-state index in [4.69, 9.17) is 11.6 Å². The van der Waals surface area contributed by atoms with E-state index in [2.05, 4.69) is 5.32 Å². The molecule has 0 aliphatic heterocycles. The van der Waals surface area contributed by atoms with Crippen LogP contribution in [0.15, 0.2) is 42.5 Å². The van der Waals surface area contributed by atoms with Gasteiger partial charge in [-0.2, -0.15) is 0 Å². The van der Waals surface area contributed by atoms with Gasteiger partial charge >= 0.3 is 0 Å². The van der Waals surface area contributed by atoms with Crippen LogP contribution in [-0.4, -0.2) is 6.54 Å². The van der Waals surface area contributed by atoms with Gasteiger partial charge in [0, 0.05) is 6.54 Å². The second-order valence-corrected chi connectivity index (χ2v) is 4.71. The molecule has 19 heavy (non-hydrogen) atoms. The molecule has 0 unspecified atom stereocenters. The van der Waals surface area contributed by atoms with Crippen molar-refractivity contribution in [1.29, 1.82) is 0 Å². The molecule has 0 aliphatic rings. The van der Waals surface area contributed by atoms with Gasteiger partial charge in [-0.25, -0.2) is 8.78 Å². The Morgan fingerprint density at radius 3 is 2.58 bits per heavy atom. The fourth-order valence-electron chi connectivity index (χ4n) is 1.81. The molecule has 1 N–H and O–H groups in total. The van der Waals surface area contributed by atoms with Gasteiger partial charge in [0.15, 0.2) is 0 Å². The summed E-state index contributed by atoms with van der Waals surface area (Å²) in [4.78, 5) is 0. The van der Waals surface area contributed by atoms with E-state index in [1.165, 1.54) is 18.2 Å². The highest BCUT2D eigenvalue weighted by molar-refractivity contribution is 6.30. The summed E-state index contributed by atoms with van der Waals surface area (Å²) in [6, 6.07) is 11.2. The standard InChI is InChI=1S/C15H14ClF2N/c16-14-9-12(4-5-15(14)18)10-19-7-6-11-2-1-3-13(17)8-11/h1-5,8-9,19H,6-7,10H2. The Hall–Kier alpha value is -1.45. The van der Waals surface area contributed by atoms with Crippen LogP contribution in [0, 0.1) is 11.6 Å². The zero-order valence-electron chi connectivity index (χ0n) is 10.3. The van der Waals surface area contributed by atoms with Crippen molar-refractivity contribution in [3.05, 3.63) is 70.2 Å². The Bertz CT molecular complexity index is 558. The van der Waals surface area contributed by atoms with E-state index in [1.54, 1.807) is 18.2 Å². The van der Waals surface area contributed by atoms with E-state index in [9.17, 15) is 8.78 Å². The largest absolute Gasteiger partial charge is 0.312 e. The monoisotopic (exact) mass is 281 g/mol. The van der Waals surface area contributed by atoms with Crippen LogP contribution in [0.25, 0.3) is 0 Å². The summed E-state index contributed by atoms with van der Waals surface area (Å²) in [6.07, 6.45) is 0.743. The van der Waals surface area contributed by atoms with Gasteiger partial charge in [-0.1, -0.05) is 29.8 Å². The number of rotatable bonds is 5. The summed E-state index contributed by atoms with van der Waals surface area (Å²) < 4.78 is 25.9. The number of nitrogens with one attached hydrogen (secondary N) is 1. The Balaban J connectivity index is 1.79. The van der Waals surface area contributed by atoms with Crippen LogP contribution >= 0.6 is 11.6 Å². The fraction of sp³-hybridized carbons (Fsp3) is 0.200. The highest BCUT2D eigenvalue weighted by atomic mass is 35.5. The number of hydrogen-bond donors (Lipinski definition) is 1. The average molecular weight is 282 g/mol. The molecule has 100 valence electrons. The Labute approximate surface area is 116 Å². The summed E-state index contributed by atoms with van der Waals surface area (Å²) in [7, 11) is 0. The minimum absolute atomic E-state index is 0.129. The SMILES string of the molecule is Fc1cccc(CCNCc2ccc(F)c(Cl)c2)c1. The molecule has 0 saturated heterocycles. The molecule has 0 heterocycles. The van der Waals surface area contributed by atoms with Crippen LogP contribution < -0.4 is 5.32 Å². The first-order valence-corrected chi connectivity index (χ1v) is 6.42. The zero-order chi connectivity index (χ0) is 13.7. The van der Waals surface area contributed by atoms with Crippen LogP contribution in [0.3, 0.4) is 0 Å². The summed E-state index contributed by atoms with van der Waals surface area (Å²) >= 11 is 5.70. The third-order valence-electron chi connectivity index (χ3n) is 2.79. The van der Waals surface area contributed by atoms with Crippen molar-refractivity contribution in [2.45, 2.75) is 13.0 Å². The molecule has 2 aromatic rings. The van der Waals surface area contributed by atoms with Crippen molar-refractivity contribution in [3.8, 4) is 0 Å². The molecular weight excluding hydrogens is 268 g/mol. The number of benzene rings is 2. The van der Waals surface area contributed by atoms with Crippen LogP contribution in [0.2, 0.25) is 5.02 Å². The topological polar surface area (TPSA) is 12.0 Å². The molecular formula is C15H14ClF2N. The normalized spacial score (nSPS) is 10.7. The molecule has 0 aliphatic carbocycles. The maximum Gasteiger partial charge on any atom is 0.141 e. The molecule has 0 atom stereocenters. The second kappa shape index (κ2) is 6.64. The molecule has 0 bridgehead atoms. The maximum absolute atomic E-state index is 13.0. The lowest BCUT2D eigenvalue weighted by atomic mass is 10.1. The van der Waals surface area contributed by atoms with Crippen molar-refractivity contribution in [1.82, 2.24) is 5.32 Å². The fourth-order valence-corrected chi connectivity index (χ4v) is 2.01. The van der Waals surface area contributed by atoms with Crippen molar-refractivity contribution in [2.24, 2.45) is 0 Å².